The van der Waals surface area contributed by atoms with E-state index in [9.17, 15) is 9.59 Å². The number of nitrogens with one attached hydrogen (secondary N) is 1. The molecule has 132 valence electrons. The van der Waals surface area contributed by atoms with Gasteiger partial charge in [0.05, 0.1) is 13.2 Å². The first-order chi connectivity index (χ1) is 11.5. The third kappa shape index (κ3) is 8.67. The second-order valence-electron chi connectivity index (χ2n) is 4.58. The van der Waals surface area contributed by atoms with Crippen LogP contribution in [0.25, 0.3) is 0 Å². The van der Waals surface area contributed by atoms with Crippen LogP contribution in [0.5, 0.6) is 5.88 Å². The molecule has 0 unspecified atom stereocenters. The average Bonchev–Trinajstić information content (AvgIpc) is 2.55. The number of amides is 2. The number of ether oxygens (including phenoxy) is 2. The van der Waals surface area contributed by atoms with E-state index in [2.05, 4.69) is 32.9 Å². The number of rotatable bonds is 10. The molecule has 1 heterocycles. The summed E-state index contributed by atoms with van der Waals surface area (Å²) in [7, 11) is 1.54. The van der Waals surface area contributed by atoms with E-state index < -0.39 is 6.09 Å². The molecule has 2 N–H and O–H groups in total. The lowest BCUT2D eigenvalue weighted by Crippen LogP contribution is -2.34. The van der Waals surface area contributed by atoms with Crippen molar-refractivity contribution >= 4 is 34.6 Å². The molecule has 0 saturated carbocycles. The number of aromatic nitrogens is 1. The Labute approximate surface area is 154 Å². The van der Waals surface area contributed by atoms with E-state index >= 15 is 0 Å². The highest BCUT2D eigenvalue weighted by Gasteiger charge is 2.10. The average molecular weight is 449 g/mol. The van der Waals surface area contributed by atoms with Gasteiger partial charge in [-0.2, -0.15) is 0 Å². The predicted octanol–water partition coefficient (Wildman–Crippen LogP) is 1.36. The smallest absolute Gasteiger partial charge is 0.407 e. The highest BCUT2D eigenvalue weighted by Crippen LogP contribution is 2.09. The standard InChI is InChI=1S/C15H20IN3O5/c1-23-9-6-17-13(20)3-2-7-19(15(21)22)8-10-24-14-5-4-12(16)11-18-14/h2-5,11H,6-10H2,1H3,(H,17,20)(H,21,22)/b3-2+. The molecule has 24 heavy (non-hydrogen) atoms. The van der Waals surface area contributed by atoms with Gasteiger partial charge in [0.15, 0.2) is 0 Å². The zero-order chi connectivity index (χ0) is 17.8. The Morgan fingerprint density at radius 2 is 2.21 bits per heavy atom. The van der Waals surface area contributed by atoms with Crippen LogP contribution in [-0.4, -0.2) is 66.9 Å². The van der Waals surface area contributed by atoms with Gasteiger partial charge in [0.1, 0.15) is 6.61 Å². The van der Waals surface area contributed by atoms with Crippen LogP contribution in [0, 0.1) is 3.57 Å². The summed E-state index contributed by atoms with van der Waals surface area (Å²) in [4.78, 5) is 27.8. The van der Waals surface area contributed by atoms with E-state index in [0.29, 0.717) is 19.0 Å². The molecule has 0 aliphatic carbocycles. The van der Waals surface area contributed by atoms with Gasteiger partial charge >= 0.3 is 6.09 Å². The fourth-order valence-corrected chi connectivity index (χ4v) is 1.91. The van der Waals surface area contributed by atoms with E-state index in [1.807, 2.05) is 6.07 Å². The number of nitrogens with zero attached hydrogens (tertiary/aromatic N) is 2. The first-order valence-electron chi connectivity index (χ1n) is 7.18. The highest BCUT2D eigenvalue weighted by molar-refractivity contribution is 14.1. The molecule has 9 heteroatoms. The summed E-state index contributed by atoms with van der Waals surface area (Å²) in [5.74, 6) is 0.144. The first-order valence-corrected chi connectivity index (χ1v) is 8.26. The van der Waals surface area contributed by atoms with Gasteiger partial charge in [-0.25, -0.2) is 9.78 Å². The maximum Gasteiger partial charge on any atom is 0.407 e. The van der Waals surface area contributed by atoms with Crippen molar-refractivity contribution in [1.82, 2.24) is 15.2 Å². The molecule has 0 atom stereocenters. The molecular formula is C15H20IN3O5. The predicted molar refractivity (Wildman–Crippen MR) is 96.1 cm³/mol. The Kier molecular flexibility index (Phi) is 9.77. The van der Waals surface area contributed by atoms with Crippen molar-refractivity contribution in [3.63, 3.8) is 0 Å². The maximum atomic E-state index is 11.4. The minimum Gasteiger partial charge on any atom is -0.476 e. The van der Waals surface area contributed by atoms with Gasteiger partial charge in [0.25, 0.3) is 0 Å². The molecule has 1 aromatic rings. The quantitative estimate of drug-likeness (QED) is 0.318. The number of carbonyl (C=O) groups excluding carboxylic acids is 1. The van der Waals surface area contributed by atoms with Gasteiger partial charge in [-0.05, 0) is 28.7 Å². The molecular weight excluding hydrogens is 429 g/mol. The van der Waals surface area contributed by atoms with E-state index in [1.54, 1.807) is 19.4 Å². The number of carboxylic acid groups (broad SMARTS) is 1. The fourth-order valence-electron chi connectivity index (χ4n) is 1.60. The van der Waals surface area contributed by atoms with Gasteiger partial charge in [-0.1, -0.05) is 6.08 Å². The van der Waals surface area contributed by atoms with E-state index in [4.69, 9.17) is 14.6 Å². The number of methoxy groups -OCH3 is 1. The lowest BCUT2D eigenvalue weighted by Gasteiger charge is -2.17. The van der Waals surface area contributed by atoms with Crippen LogP contribution in [0.2, 0.25) is 0 Å². The Morgan fingerprint density at radius 1 is 1.42 bits per heavy atom. The van der Waals surface area contributed by atoms with Crippen molar-refractivity contribution < 1.29 is 24.2 Å². The summed E-state index contributed by atoms with van der Waals surface area (Å²) in [6.07, 6.45) is 3.36. The van der Waals surface area contributed by atoms with Crippen molar-refractivity contribution in [3.05, 3.63) is 34.1 Å². The molecule has 0 saturated heterocycles. The summed E-state index contributed by atoms with van der Waals surface area (Å²) in [5, 5.41) is 11.8. The van der Waals surface area contributed by atoms with E-state index in [0.717, 1.165) is 8.47 Å². The number of pyridine rings is 1. The van der Waals surface area contributed by atoms with Crippen LogP contribution in [0.1, 0.15) is 0 Å². The van der Waals surface area contributed by atoms with Crippen LogP contribution in [-0.2, 0) is 9.53 Å². The van der Waals surface area contributed by atoms with Gasteiger partial charge in [0, 0.05) is 42.1 Å². The zero-order valence-electron chi connectivity index (χ0n) is 13.3. The van der Waals surface area contributed by atoms with Crippen molar-refractivity contribution in [2.75, 3.05) is 40.0 Å². The second kappa shape index (κ2) is 11.6. The maximum absolute atomic E-state index is 11.4. The van der Waals surface area contributed by atoms with Gasteiger partial charge < -0.3 is 24.8 Å². The largest absolute Gasteiger partial charge is 0.476 e. The second-order valence-corrected chi connectivity index (χ2v) is 5.82. The minimum atomic E-state index is -1.08. The Morgan fingerprint density at radius 3 is 2.83 bits per heavy atom. The summed E-state index contributed by atoms with van der Waals surface area (Å²) in [6, 6.07) is 3.57. The van der Waals surface area contributed by atoms with Crippen molar-refractivity contribution in [2.24, 2.45) is 0 Å². The van der Waals surface area contributed by atoms with Crippen LogP contribution in [0.3, 0.4) is 0 Å². The molecule has 0 fully saturated rings. The highest BCUT2D eigenvalue weighted by atomic mass is 127. The van der Waals surface area contributed by atoms with Crippen LogP contribution in [0.15, 0.2) is 30.5 Å². The third-order valence-corrected chi connectivity index (χ3v) is 3.42. The van der Waals surface area contributed by atoms with Crippen LogP contribution in [0.4, 0.5) is 4.79 Å². The van der Waals surface area contributed by atoms with Crippen LogP contribution >= 0.6 is 22.6 Å². The molecule has 0 radical (unpaired) electrons. The molecule has 8 nitrogen and oxygen atoms in total. The monoisotopic (exact) mass is 449 g/mol. The van der Waals surface area contributed by atoms with E-state index in [-0.39, 0.29) is 25.6 Å². The minimum absolute atomic E-state index is 0.0938. The number of hydrogen-bond acceptors (Lipinski definition) is 5. The Hall–Kier alpha value is -1.88. The molecule has 1 rings (SSSR count). The van der Waals surface area contributed by atoms with E-state index in [1.165, 1.54) is 12.2 Å². The van der Waals surface area contributed by atoms with Crippen molar-refractivity contribution in [3.8, 4) is 5.88 Å². The molecule has 0 aliphatic heterocycles. The van der Waals surface area contributed by atoms with Crippen LogP contribution < -0.4 is 10.1 Å². The summed E-state index contributed by atoms with van der Waals surface area (Å²) in [5.41, 5.74) is 0. The van der Waals surface area contributed by atoms with Gasteiger partial charge in [-0.3, -0.25) is 4.79 Å². The Bertz CT molecular complexity index is 551. The SMILES string of the molecule is COCCNC(=O)/C=C/CN(CCOc1ccc(I)cn1)C(=O)O. The zero-order valence-corrected chi connectivity index (χ0v) is 15.4. The topological polar surface area (TPSA) is 101 Å². The number of halogens is 1. The molecule has 0 bridgehead atoms. The normalized spacial score (nSPS) is 10.6. The lowest BCUT2D eigenvalue weighted by atomic mass is 10.4. The molecule has 0 aromatic carbocycles. The van der Waals surface area contributed by atoms with Crippen molar-refractivity contribution in [1.29, 1.82) is 0 Å². The molecule has 2 amide bonds. The fraction of sp³-hybridized carbons (Fsp3) is 0.400. The van der Waals surface area contributed by atoms with Crippen molar-refractivity contribution in [2.45, 2.75) is 0 Å². The summed E-state index contributed by atoms with van der Waals surface area (Å²) in [6.45, 7) is 1.26. The number of hydrogen-bond donors (Lipinski definition) is 2. The summed E-state index contributed by atoms with van der Waals surface area (Å²) >= 11 is 2.13. The molecule has 0 spiro atoms. The Balaban J connectivity index is 2.34. The van der Waals surface area contributed by atoms with Gasteiger partial charge in [-0.15, -0.1) is 0 Å². The van der Waals surface area contributed by atoms with Gasteiger partial charge in [0.2, 0.25) is 11.8 Å². The molecule has 0 aliphatic rings. The first kappa shape index (κ1) is 20.2. The lowest BCUT2D eigenvalue weighted by molar-refractivity contribution is -0.116. The number of carbonyl (C=O) groups is 2. The summed E-state index contributed by atoms with van der Waals surface area (Å²) < 4.78 is 11.2. The third-order valence-electron chi connectivity index (χ3n) is 2.78. The molecule has 1 aromatic heterocycles.